The van der Waals surface area contributed by atoms with E-state index in [0.29, 0.717) is 5.92 Å². The van der Waals surface area contributed by atoms with Gasteiger partial charge in [-0.2, -0.15) is 0 Å². The normalized spacial score (nSPS) is 27.9. The molecule has 0 radical (unpaired) electrons. The number of aromatic nitrogens is 2. The van der Waals surface area contributed by atoms with Crippen LogP contribution in [0.5, 0.6) is 0 Å². The average Bonchev–Trinajstić information content (AvgIpc) is 2.85. The first-order chi connectivity index (χ1) is 13.8. The fourth-order valence-electron chi connectivity index (χ4n) is 5.95. The topological polar surface area (TPSA) is 24.3 Å². The van der Waals surface area contributed by atoms with Crippen molar-refractivity contribution < 1.29 is 0 Å². The number of hydrogen-bond acceptors (Lipinski definition) is 3. The van der Waals surface area contributed by atoms with Gasteiger partial charge in [0.15, 0.2) is 0 Å². The van der Waals surface area contributed by atoms with E-state index >= 15 is 0 Å². The lowest BCUT2D eigenvalue weighted by Gasteiger charge is -2.42. The van der Waals surface area contributed by atoms with Crippen LogP contribution >= 0.6 is 0 Å². The Kier molecular flexibility index (Phi) is 4.45. The van der Waals surface area contributed by atoms with Gasteiger partial charge in [0, 0.05) is 44.7 Å². The SMILES string of the molecule is c1cc2c(cc1C1CCCN(C3CCC3)C1)nc1n2CCN(C2CCC2)CC1. The molecule has 4 heteroatoms. The number of fused-ring (bicyclic) bond motifs is 3. The molecule has 1 unspecified atom stereocenters. The highest BCUT2D eigenvalue weighted by atomic mass is 15.2. The lowest BCUT2D eigenvalue weighted by atomic mass is 9.85. The van der Waals surface area contributed by atoms with Gasteiger partial charge in [-0.25, -0.2) is 4.98 Å². The van der Waals surface area contributed by atoms with E-state index in [4.69, 9.17) is 4.98 Å². The highest BCUT2D eigenvalue weighted by Crippen LogP contribution is 2.34. The molecule has 3 heterocycles. The molecule has 1 saturated heterocycles. The van der Waals surface area contributed by atoms with Crippen LogP contribution in [0.25, 0.3) is 11.0 Å². The highest BCUT2D eigenvalue weighted by Gasteiger charge is 2.31. The van der Waals surface area contributed by atoms with E-state index in [1.807, 2.05) is 0 Å². The number of rotatable bonds is 3. The summed E-state index contributed by atoms with van der Waals surface area (Å²) in [6.45, 7) is 6.09. The van der Waals surface area contributed by atoms with Gasteiger partial charge in [0.05, 0.1) is 11.0 Å². The van der Waals surface area contributed by atoms with Gasteiger partial charge in [0.25, 0.3) is 0 Å². The second kappa shape index (κ2) is 7.14. The fourth-order valence-corrected chi connectivity index (χ4v) is 5.95. The van der Waals surface area contributed by atoms with Crippen LogP contribution < -0.4 is 0 Å². The van der Waals surface area contributed by atoms with Crippen molar-refractivity contribution in [3.05, 3.63) is 29.6 Å². The van der Waals surface area contributed by atoms with E-state index in [1.165, 1.54) is 100.0 Å². The van der Waals surface area contributed by atoms with Crippen molar-refractivity contribution in [3.8, 4) is 0 Å². The molecule has 4 nitrogen and oxygen atoms in total. The Labute approximate surface area is 168 Å². The number of hydrogen-bond donors (Lipinski definition) is 0. The summed E-state index contributed by atoms with van der Waals surface area (Å²) in [6, 6.07) is 8.96. The number of piperidine rings is 1. The molecule has 0 spiro atoms. The molecule has 1 aromatic heterocycles. The molecule has 0 amide bonds. The van der Waals surface area contributed by atoms with Gasteiger partial charge >= 0.3 is 0 Å². The molecule has 1 aromatic carbocycles. The zero-order valence-electron chi connectivity index (χ0n) is 17.2. The first kappa shape index (κ1) is 17.5. The van der Waals surface area contributed by atoms with Gasteiger partial charge in [0.1, 0.15) is 5.82 Å². The molecule has 2 aliphatic heterocycles. The van der Waals surface area contributed by atoms with Gasteiger partial charge in [0.2, 0.25) is 0 Å². The predicted molar refractivity (Wildman–Crippen MR) is 114 cm³/mol. The van der Waals surface area contributed by atoms with E-state index in [2.05, 4.69) is 32.6 Å². The van der Waals surface area contributed by atoms with E-state index in [-0.39, 0.29) is 0 Å². The third kappa shape index (κ3) is 3.00. The number of nitrogens with zero attached hydrogens (tertiary/aromatic N) is 4. The molecule has 2 aromatic rings. The minimum absolute atomic E-state index is 0.703. The predicted octanol–water partition coefficient (Wildman–Crippen LogP) is 4.18. The Morgan fingerprint density at radius 1 is 0.786 bits per heavy atom. The largest absolute Gasteiger partial charge is 0.327 e. The minimum Gasteiger partial charge on any atom is -0.327 e. The monoisotopic (exact) mass is 378 g/mol. The molecule has 0 bridgehead atoms. The van der Waals surface area contributed by atoms with E-state index in [1.54, 1.807) is 0 Å². The Balaban J connectivity index is 1.22. The fraction of sp³-hybridized carbons (Fsp3) is 0.708. The van der Waals surface area contributed by atoms with Crippen molar-refractivity contribution in [2.75, 3.05) is 26.2 Å². The maximum Gasteiger partial charge on any atom is 0.111 e. The molecule has 2 aliphatic carbocycles. The van der Waals surface area contributed by atoms with Crippen LogP contribution in [0.3, 0.4) is 0 Å². The zero-order valence-corrected chi connectivity index (χ0v) is 17.2. The molecular weight excluding hydrogens is 344 g/mol. The number of imidazole rings is 1. The van der Waals surface area contributed by atoms with Crippen LogP contribution in [0, 0.1) is 0 Å². The third-order valence-electron chi connectivity index (χ3n) is 8.19. The molecule has 1 atom stereocenters. The smallest absolute Gasteiger partial charge is 0.111 e. The molecule has 6 rings (SSSR count). The summed E-state index contributed by atoms with van der Waals surface area (Å²) in [7, 11) is 0. The van der Waals surface area contributed by atoms with Crippen LogP contribution in [0.4, 0.5) is 0 Å². The van der Waals surface area contributed by atoms with Crippen molar-refractivity contribution in [1.29, 1.82) is 0 Å². The first-order valence-electron chi connectivity index (χ1n) is 11.8. The highest BCUT2D eigenvalue weighted by molar-refractivity contribution is 5.77. The van der Waals surface area contributed by atoms with E-state index in [9.17, 15) is 0 Å². The maximum absolute atomic E-state index is 5.11. The van der Waals surface area contributed by atoms with Gasteiger partial charge < -0.3 is 4.57 Å². The molecule has 150 valence electrons. The number of benzene rings is 1. The van der Waals surface area contributed by atoms with E-state index in [0.717, 1.165) is 25.0 Å². The zero-order chi connectivity index (χ0) is 18.5. The average molecular weight is 379 g/mol. The second-order valence-corrected chi connectivity index (χ2v) is 9.72. The van der Waals surface area contributed by atoms with Crippen LogP contribution in [-0.4, -0.2) is 57.6 Å². The molecule has 0 N–H and O–H groups in total. The summed E-state index contributed by atoms with van der Waals surface area (Å²) < 4.78 is 2.51. The van der Waals surface area contributed by atoms with Crippen molar-refractivity contribution >= 4 is 11.0 Å². The van der Waals surface area contributed by atoms with Crippen molar-refractivity contribution in [3.63, 3.8) is 0 Å². The molecule has 2 saturated carbocycles. The lowest BCUT2D eigenvalue weighted by molar-refractivity contribution is 0.0945. The van der Waals surface area contributed by atoms with Gasteiger partial charge in [-0.05, 0) is 68.7 Å². The van der Waals surface area contributed by atoms with Crippen molar-refractivity contribution in [2.45, 2.75) is 82.3 Å². The number of likely N-dealkylation sites (tertiary alicyclic amines) is 1. The molecule has 3 fully saturated rings. The maximum atomic E-state index is 5.11. The summed E-state index contributed by atoms with van der Waals surface area (Å²) in [5, 5.41) is 0. The third-order valence-corrected chi connectivity index (χ3v) is 8.19. The van der Waals surface area contributed by atoms with E-state index < -0.39 is 0 Å². The van der Waals surface area contributed by atoms with Gasteiger partial charge in [-0.1, -0.05) is 18.9 Å². The Morgan fingerprint density at radius 3 is 2.39 bits per heavy atom. The van der Waals surface area contributed by atoms with Crippen LogP contribution in [0.2, 0.25) is 0 Å². The second-order valence-electron chi connectivity index (χ2n) is 9.72. The lowest BCUT2D eigenvalue weighted by Crippen LogP contribution is -2.45. The molecule has 28 heavy (non-hydrogen) atoms. The summed E-state index contributed by atoms with van der Waals surface area (Å²) >= 11 is 0. The first-order valence-corrected chi connectivity index (χ1v) is 11.8. The van der Waals surface area contributed by atoms with Crippen LogP contribution in [0.15, 0.2) is 18.2 Å². The standard InChI is InChI=1S/C24H34N4/c1-5-20(6-1)26-13-11-24-25-22-16-18(9-10-23(22)28(24)15-14-26)19-4-3-12-27(17-19)21-7-2-8-21/h9-10,16,19-21H,1-8,11-15,17H2. The quantitative estimate of drug-likeness (QED) is 0.801. The van der Waals surface area contributed by atoms with Crippen molar-refractivity contribution in [2.24, 2.45) is 0 Å². The summed E-state index contributed by atoms with van der Waals surface area (Å²) in [5.41, 5.74) is 4.13. The van der Waals surface area contributed by atoms with Crippen LogP contribution in [0.1, 0.15) is 68.7 Å². The summed E-state index contributed by atoms with van der Waals surface area (Å²) in [6.07, 6.45) is 12.4. The Morgan fingerprint density at radius 2 is 1.61 bits per heavy atom. The molecular formula is C24H34N4. The molecule has 4 aliphatic rings. The Bertz CT molecular complexity index is 848. The Hall–Kier alpha value is -1.39. The summed E-state index contributed by atoms with van der Waals surface area (Å²) in [4.78, 5) is 10.6. The minimum atomic E-state index is 0.703. The van der Waals surface area contributed by atoms with Gasteiger partial charge in [-0.15, -0.1) is 0 Å². The summed E-state index contributed by atoms with van der Waals surface area (Å²) in [5.74, 6) is 2.02. The van der Waals surface area contributed by atoms with Crippen molar-refractivity contribution in [1.82, 2.24) is 19.4 Å². The van der Waals surface area contributed by atoms with Gasteiger partial charge in [-0.3, -0.25) is 9.80 Å². The van der Waals surface area contributed by atoms with Crippen LogP contribution in [-0.2, 0) is 13.0 Å².